The van der Waals surface area contributed by atoms with Crippen molar-refractivity contribution in [1.29, 1.82) is 0 Å². The summed E-state index contributed by atoms with van der Waals surface area (Å²) in [5.41, 5.74) is 3.82. The molecule has 4 rings (SSSR count). The molecule has 0 bridgehead atoms. The van der Waals surface area contributed by atoms with Crippen molar-refractivity contribution in [2.45, 2.75) is 6.42 Å². The van der Waals surface area contributed by atoms with E-state index in [1.54, 1.807) is 17.4 Å². The van der Waals surface area contributed by atoms with Crippen molar-refractivity contribution in [3.05, 3.63) is 55.6 Å². The number of hydrogen-bond acceptors (Lipinski definition) is 8. The van der Waals surface area contributed by atoms with E-state index in [1.165, 1.54) is 22.9 Å². The molecule has 3 N–H and O–H groups in total. The topological polar surface area (TPSA) is 104 Å². The summed E-state index contributed by atoms with van der Waals surface area (Å²) in [5.74, 6) is 0.170. The van der Waals surface area contributed by atoms with Gasteiger partial charge in [0.05, 0.1) is 19.9 Å². The van der Waals surface area contributed by atoms with Crippen molar-refractivity contribution in [3.63, 3.8) is 0 Å². The summed E-state index contributed by atoms with van der Waals surface area (Å²) in [4.78, 5) is 41.0. The predicted octanol–water partition coefficient (Wildman–Crippen LogP) is -0.143. The lowest BCUT2D eigenvalue weighted by atomic mass is 10.1. The number of aromatic nitrogens is 2. The van der Waals surface area contributed by atoms with E-state index in [4.69, 9.17) is 0 Å². The fraction of sp³-hybridized carbons (Fsp3) is 0.381. The van der Waals surface area contributed by atoms with Crippen LogP contribution in [0.2, 0.25) is 0 Å². The number of nitrogens with one attached hydrogen (secondary N) is 3. The number of rotatable bonds is 6. The van der Waals surface area contributed by atoms with Crippen molar-refractivity contribution in [2.75, 3.05) is 48.6 Å². The minimum absolute atomic E-state index is 0.0137. The van der Waals surface area contributed by atoms with E-state index in [-0.39, 0.29) is 25.8 Å². The Morgan fingerprint density at radius 2 is 1.97 bits per heavy atom. The van der Waals surface area contributed by atoms with Crippen LogP contribution in [0.25, 0.3) is 5.70 Å². The van der Waals surface area contributed by atoms with Crippen molar-refractivity contribution in [2.24, 2.45) is 14.1 Å². The van der Waals surface area contributed by atoms with Gasteiger partial charge in [-0.1, -0.05) is 6.07 Å². The summed E-state index contributed by atoms with van der Waals surface area (Å²) in [6, 6.07) is 6.27. The molecule has 11 heteroatoms. The average molecular weight is 458 g/mol. The molecule has 0 saturated carbocycles. The van der Waals surface area contributed by atoms with Crippen LogP contribution in [0, 0.1) is 0 Å². The Balaban J connectivity index is 1.37. The van der Waals surface area contributed by atoms with Gasteiger partial charge in [0.15, 0.2) is 0 Å². The highest BCUT2D eigenvalue weighted by Crippen LogP contribution is 2.29. The van der Waals surface area contributed by atoms with Crippen LogP contribution in [0.3, 0.4) is 0 Å². The maximum absolute atomic E-state index is 12.5. The molecule has 3 heterocycles. The smallest absolute Gasteiger partial charge is 0.332 e. The predicted molar refractivity (Wildman–Crippen MR) is 129 cm³/mol. The van der Waals surface area contributed by atoms with Crippen LogP contribution < -0.4 is 37.0 Å². The number of amides is 1. The second kappa shape index (κ2) is 8.65. The Morgan fingerprint density at radius 3 is 2.72 bits per heavy atom. The first-order valence-electron chi connectivity index (χ1n) is 10.3. The number of likely N-dealkylation sites (N-methyl/N-ethyl adjacent to an activating group) is 1. The van der Waals surface area contributed by atoms with Crippen LogP contribution >= 0.6 is 12.6 Å². The summed E-state index contributed by atoms with van der Waals surface area (Å²) in [5, 5.41) is 10.7. The van der Waals surface area contributed by atoms with E-state index < -0.39 is 11.2 Å². The molecule has 32 heavy (non-hydrogen) atoms. The highest BCUT2D eigenvalue weighted by molar-refractivity contribution is 7.83. The number of benzene rings is 1. The molecule has 0 radical (unpaired) electrons. The lowest BCUT2D eigenvalue weighted by Crippen LogP contribution is -2.43. The van der Waals surface area contributed by atoms with Crippen molar-refractivity contribution >= 4 is 41.4 Å². The summed E-state index contributed by atoms with van der Waals surface area (Å²) >= 11 is 4.31. The number of carbonyl (C=O) groups is 1. The third kappa shape index (κ3) is 3.83. The highest BCUT2D eigenvalue weighted by Gasteiger charge is 2.28. The Hall–Kier alpha value is -3.34. The van der Waals surface area contributed by atoms with Gasteiger partial charge in [0, 0.05) is 39.1 Å². The van der Waals surface area contributed by atoms with Gasteiger partial charge < -0.3 is 25.8 Å². The molecular weight excluding hydrogens is 430 g/mol. The second-order valence-corrected chi connectivity index (χ2v) is 8.21. The molecule has 1 aromatic carbocycles. The summed E-state index contributed by atoms with van der Waals surface area (Å²) in [6.07, 6.45) is 1.01. The normalized spacial score (nSPS) is 14.8. The molecule has 170 valence electrons. The van der Waals surface area contributed by atoms with Gasteiger partial charge in [-0.2, -0.15) is 0 Å². The summed E-state index contributed by atoms with van der Waals surface area (Å²) < 4.78 is 2.41. The van der Waals surface area contributed by atoms with Crippen LogP contribution in [0.15, 0.2) is 33.2 Å². The molecule has 2 aliphatic rings. The lowest BCUT2D eigenvalue weighted by molar-refractivity contribution is -0.119. The molecule has 2 aliphatic heterocycles. The maximum Gasteiger partial charge on any atom is 0.332 e. The number of nitrogens with zero attached hydrogens (tertiary/aromatic N) is 4. The first kappa shape index (κ1) is 21.9. The van der Waals surface area contributed by atoms with E-state index in [9.17, 15) is 14.4 Å². The van der Waals surface area contributed by atoms with Gasteiger partial charge in [0.25, 0.3) is 5.56 Å². The van der Waals surface area contributed by atoms with E-state index >= 15 is 0 Å². The third-order valence-corrected chi connectivity index (χ3v) is 6.20. The van der Waals surface area contributed by atoms with Crippen LogP contribution in [-0.4, -0.2) is 48.5 Å². The zero-order valence-electron chi connectivity index (χ0n) is 18.3. The first-order valence-corrected chi connectivity index (χ1v) is 10.8. The minimum atomic E-state index is -0.429. The third-order valence-electron chi connectivity index (χ3n) is 5.94. The number of hydrogen-bond donors (Lipinski definition) is 4. The van der Waals surface area contributed by atoms with Gasteiger partial charge in [0.1, 0.15) is 11.5 Å². The fourth-order valence-electron chi connectivity index (χ4n) is 4.12. The van der Waals surface area contributed by atoms with E-state index in [1.807, 2.05) is 6.07 Å². The Morgan fingerprint density at radius 1 is 1.19 bits per heavy atom. The quantitative estimate of drug-likeness (QED) is 0.354. The Bertz CT molecular complexity index is 1220. The van der Waals surface area contributed by atoms with Gasteiger partial charge >= 0.3 is 5.69 Å². The highest BCUT2D eigenvalue weighted by atomic mass is 32.1. The van der Waals surface area contributed by atoms with Crippen LogP contribution in [0.1, 0.15) is 11.1 Å². The molecule has 1 aromatic heterocycles. The number of carbonyl (C=O) groups excluding carboxylic acids is 1. The van der Waals surface area contributed by atoms with Gasteiger partial charge in [-0.3, -0.25) is 18.7 Å². The maximum atomic E-state index is 12.5. The van der Waals surface area contributed by atoms with Gasteiger partial charge in [-0.05, 0) is 35.1 Å². The monoisotopic (exact) mass is 457 g/mol. The van der Waals surface area contributed by atoms with Gasteiger partial charge in [-0.15, -0.1) is 12.6 Å². The lowest BCUT2D eigenvalue weighted by Gasteiger charge is -2.18. The Kier molecular flexibility index (Phi) is 5.92. The molecule has 0 spiro atoms. The van der Waals surface area contributed by atoms with Crippen LogP contribution in [0.5, 0.6) is 0 Å². The van der Waals surface area contributed by atoms with Crippen molar-refractivity contribution in [3.8, 4) is 0 Å². The van der Waals surface area contributed by atoms with E-state index in [2.05, 4.69) is 52.7 Å². The summed E-state index contributed by atoms with van der Waals surface area (Å²) in [6.45, 7) is 1.48. The van der Waals surface area contributed by atoms with Gasteiger partial charge in [-0.25, -0.2) is 4.79 Å². The zero-order valence-corrected chi connectivity index (χ0v) is 19.2. The SMILES string of the molecule is CN1CCc2cc(/C(=C/S)NCNC(=O)CN3CNc4c3c(=O)n(C)c(=O)n4C)ccc21. The standard InChI is InChI=1S/C21H27N7O3S/c1-25-7-6-14-8-13(4-5-16(14)25)15(10-32)22-11-23-17(29)9-28-12-24-19-18(28)20(30)27(3)21(31)26(19)2/h4-5,8,10,22,24,32H,6-7,9,11-12H2,1-3H3,(H,23,29)/b15-10-. The molecule has 0 fully saturated rings. The first-order chi connectivity index (χ1) is 15.3. The molecule has 10 nitrogen and oxygen atoms in total. The van der Waals surface area contributed by atoms with Crippen LogP contribution in [0.4, 0.5) is 17.2 Å². The van der Waals surface area contributed by atoms with Crippen LogP contribution in [-0.2, 0) is 25.3 Å². The van der Waals surface area contributed by atoms with E-state index in [0.29, 0.717) is 11.5 Å². The van der Waals surface area contributed by atoms with E-state index in [0.717, 1.165) is 28.8 Å². The molecule has 0 unspecified atom stereocenters. The number of anilines is 3. The zero-order chi connectivity index (χ0) is 23.0. The average Bonchev–Trinajstić information content (AvgIpc) is 3.37. The molecular formula is C21H27N7O3S. The fourth-order valence-corrected chi connectivity index (χ4v) is 4.36. The largest absolute Gasteiger partial charge is 0.374 e. The van der Waals surface area contributed by atoms with Crippen molar-refractivity contribution < 1.29 is 4.79 Å². The number of fused-ring (bicyclic) bond motifs is 2. The molecule has 2 aromatic rings. The summed E-state index contributed by atoms with van der Waals surface area (Å²) in [7, 11) is 5.09. The molecule has 1 amide bonds. The Labute approximate surface area is 190 Å². The molecule has 0 atom stereocenters. The van der Waals surface area contributed by atoms with Gasteiger partial charge in [0.2, 0.25) is 5.91 Å². The van der Waals surface area contributed by atoms with Crippen molar-refractivity contribution in [1.82, 2.24) is 19.8 Å². The molecule has 0 saturated heterocycles. The molecule has 0 aliphatic carbocycles. The minimum Gasteiger partial charge on any atom is -0.374 e. The second-order valence-electron chi connectivity index (χ2n) is 7.95. The number of thiol groups is 1.